The quantitative estimate of drug-likeness (QED) is 0.446. The van der Waals surface area contributed by atoms with Crippen molar-refractivity contribution >= 4 is 0 Å². The first kappa shape index (κ1) is 21.3. The van der Waals surface area contributed by atoms with Crippen molar-refractivity contribution in [2.75, 3.05) is 0 Å². The molecule has 0 heterocycles. The van der Waals surface area contributed by atoms with Crippen molar-refractivity contribution in [1.29, 1.82) is 0 Å². The summed E-state index contributed by atoms with van der Waals surface area (Å²) in [4.78, 5) is 0. The number of hydrogen-bond donors (Lipinski definition) is 0. The van der Waals surface area contributed by atoms with E-state index in [1.165, 1.54) is 38.5 Å². The van der Waals surface area contributed by atoms with Crippen LogP contribution in [-0.2, 0) is 0 Å². The molecule has 1 atom stereocenters. The zero-order valence-corrected chi connectivity index (χ0v) is 12.3. The third-order valence-corrected chi connectivity index (χ3v) is 2.25. The van der Waals surface area contributed by atoms with Gasteiger partial charge >= 0.3 is 0 Å². The highest BCUT2D eigenvalue weighted by atomic mass is 14.0. The lowest BCUT2D eigenvalue weighted by Crippen LogP contribution is -1.93. The van der Waals surface area contributed by atoms with E-state index in [-0.39, 0.29) is 7.43 Å². The topological polar surface area (TPSA) is 0 Å². The molecule has 0 bridgehead atoms. The maximum absolute atomic E-state index is 2.35. The second-order valence-electron chi connectivity index (χ2n) is 6.36. The second kappa shape index (κ2) is 13.1. The van der Waals surface area contributed by atoms with Crippen molar-refractivity contribution < 1.29 is 0 Å². The van der Waals surface area contributed by atoms with Gasteiger partial charge in [-0.1, -0.05) is 94.4 Å². The minimum atomic E-state index is 0. The molecular weight excluding hydrogens is 192 g/mol. The lowest BCUT2D eigenvalue weighted by atomic mass is 10.0. The standard InChI is InChI=1S/C10H22.C5H12.CH4/c1-4-6-7-8-9-10(3)5-2;1-5(2,3)4;/h10H,4-9H2,1-3H3;1-4H3;1H4. The minimum absolute atomic E-state index is 0. The van der Waals surface area contributed by atoms with E-state index in [0.717, 1.165) is 5.92 Å². The molecule has 0 saturated heterocycles. The molecule has 0 spiro atoms. The van der Waals surface area contributed by atoms with Crippen LogP contribution in [0.15, 0.2) is 0 Å². The molecular formula is C16H38. The first-order valence-electron chi connectivity index (χ1n) is 6.81. The summed E-state index contributed by atoms with van der Waals surface area (Å²) in [6.07, 6.45) is 8.48. The van der Waals surface area contributed by atoms with Crippen LogP contribution in [0.4, 0.5) is 0 Å². The number of hydrogen-bond acceptors (Lipinski definition) is 0. The molecule has 102 valence electrons. The molecule has 0 amide bonds. The fourth-order valence-electron chi connectivity index (χ4n) is 1.12. The molecule has 0 N–H and O–H groups in total. The minimum Gasteiger partial charge on any atom is -0.0776 e. The van der Waals surface area contributed by atoms with Gasteiger partial charge in [0, 0.05) is 0 Å². The van der Waals surface area contributed by atoms with Gasteiger partial charge in [-0.3, -0.25) is 0 Å². The van der Waals surface area contributed by atoms with E-state index in [2.05, 4.69) is 48.5 Å². The summed E-state index contributed by atoms with van der Waals surface area (Å²) in [5, 5.41) is 0. The van der Waals surface area contributed by atoms with E-state index in [1.807, 2.05) is 0 Å². The van der Waals surface area contributed by atoms with E-state index >= 15 is 0 Å². The third-order valence-electron chi connectivity index (χ3n) is 2.25. The summed E-state index contributed by atoms with van der Waals surface area (Å²) < 4.78 is 0. The van der Waals surface area contributed by atoms with Crippen LogP contribution in [0.5, 0.6) is 0 Å². The van der Waals surface area contributed by atoms with Gasteiger partial charge in [-0.25, -0.2) is 0 Å². The molecule has 0 aromatic heterocycles. The SMILES string of the molecule is C.CC(C)(C)C.CCCCCCC(C)CC. The van der Waals surface area contributed by atoms with Gasteiger partial charge in [-0.2, -0.15) is 0 Å². The van der Waals surface area contributed by atoms with E-state index in [0.29, 0.717) is 5.41 Å². The van der Waals surface area contributed by atoms with Crippen molar-refractivity contribution in [3.8, 4) is 0 Å². The number of rotatable bonds is 6. The van der Waals surface area contributed by atoms with E-state index in [9.17, 15) is 0 Å². The Hall–Kier alpha value is 0. The highest BCUT2D eigenvalue weighted by Crippen LogP contribution is 2.12. The molecule has 0 saturated carbocycles. The van der Waals surface area contributed by atoms with Crippen molar-refractivity contribution in [2.24, 2.45) is 11.3 Å². The largest absolute Gasteiger partial charge is 0.0776 e. The highest BCUT2D eigenvalue weighted by Gasteiger charge is 1.96. The molecule has 0 heteroatoms. The molecule has 0 aliphatic carbocycles. The molecule has 0 aliphatic heterocycles. The Morgan fingerprint density at radius 3 is 1.62 bits per heavy atom. The van der Waals surface area contributed by atoms with E-state index < -0.39 is 0 Å². The average molecular weight is 230 g/mol. The van der Waals surface area contributed by atoms with Gasteiger partial charge in [0.1, 0.15) is 0 Å². The Morgan fingerprint density at radius 2 is 1.31 bits per heavy atom. The molecule has 0 radical (unpaired) electrons. The van der Waals surface area contributed by atoms with Crippen molar-refractivity contribution in [3.63, 3.8) is 0 Å². The van der Waals surface area contributed by atoms with E-state index in [4.69, 9.17) is 0 Å². The Labute approximate surface area is 106 Å². The van der Waals surface area contributed by atoms with Crippen LogP contribution in [0.1, 0.15) is 94.4 Å². The van der Waals surface area contributed by atoms with Crippen LogP contribution >= 0.6 is 0 Å². The van der Waals surface area contributed by atoms with Gasteiger partial charge in [-0.15, -0.1) is 0 Å². The molecule has 0 aliphatic rings. The molecule has 0 aromatic carbocycles. The monoisotopic (exact) mass is 230 g/mol. The van der Waals surface area contributed by atoms with Crippen molar-refractivity contribution in [1.82, 2.24) is 0 Å². The highest BCUT2D eigenvalue weighted by molar-refractivity contribution is 4.50. The van der Waals surface area contributed by atoms with Gasteiger partial charge in [0.2, 0.25) is 0 Å². The predicted octanol–water partition coefficient (Wildman–Crippen LogP) is 6.69. The fraction of sp³-hybridized carbons (Fsp3) is 1.00. The van der Waals surface area contributed by atoms with Crippen LogP contribution in [-0.4, -0.2) is 0 Å². The lowest BCUT2D eigenvalue weighted by Gasteiger charge is -2.06. The van der Waals surface area contributed by atoms with Gasteiger partial charge < -0.3 is 0 Å². The maximum atomic E-state index is 2.35. The first-order chi connectivity index (χ1) is 6.81. The summed E-state index contributed by atoms with van der Waals surface area (Å²) in [5.41, 5.74) is 0.500. The second-order valence-corrected chi connectivity index (χ2v) is 6.36. The zero-order valence-electron chi connectivity index (χ0n) is 12.3. The summed E-state index contributed by atoms with van der Waals surface area (Å²) in [5.74, 6) is 0.955. The normalized spacial score (nSPS) is 12.2. The van der Waals surface area contributed by atoms with Crippen molar-refractivity contribution in [2.45, 2.75) is 94.4 Å². The molecule has 16 heavy (non-hydrogen) atoms. The molecule has 0 nitrogen and oxygen atoms in total. The van der Waals surface area contributed by atoms with Crippen molar-refractivity contribution in [3.05, 3.63) is 0 Å². The summed E-state index contributed by atoms with van der Waals surface area (Å²) in [6.45, 7) is 15.7. The van der Waals surface area contributed by atoms with Gasteiger partial charge in [-0.05, 0) is 11.3 Å². The molecule has 0 aromatic rings. The van der Waals surface area contributed by atoms with Gasteiger partial charge in [0.05, 0.1) is 0 Å². The van der Waals surface area contributed by atoms with Crippen LogP contribution in [0.2, 0.25) is 0 Å². The summed E-state index contributed by atoms with van der Waals surface area (Å²) in [7, 11) is 0. The molecule has 0 rings (SSSR count). The first-order valence-corrected chi connectivity index (χ1v) is 6.81. The van der Waals surface area contributed by atoms with Crippen LogP contribution in [0.3, 0.4) is 0 Å². The number of unbranched alkanes of at least 4 members (excludes halogenated alkanes) is 3. The van der Waals surface area contributed by atoms with Crippen LogP contribution < -0.4 is 0 Å². The Bertz CT molecular complexity index is 102. The fourth-order valence-corrected chi connectivity index (χ4v) is 1.12. The zero-order chi connectivity index (χ0) is 12.3. The molecule has 1 unspecified atom stereocenters. The smallest absolute Gasteiger partial charge is 0.0411 e. The predicted molar refractivity (Wildman–Crippen MR) is 80.1 cm³/mol. The lowest BCUT2D eigenvalue weighted by molar-refractivity contribution is 0.469. The Morgan fingerprint density at radius 1 is 0.875 bits per heavy atom. The Balaban J connectivity index is -0.000000242. The summed E-state index contributed by atoms with van der Waals surface area (Å²) in [6, 6.07) is 0. The van der Waals surface area contributed by atoms with Crippen LogP contribution in [0, 0.1) is 11.3 Å². The third kappa shape index (κ3) is 37.0. The summed E-state index contributed by atoms with van der Waals surface area (Å²) >= 11 is 0. The molecule has 0 fully saturated rings. The average Bonchev–Trinajstić information content (AvgIpc) is 2.09. The van der Waals surface area contributed by atoms with Gasteiger partial charge in [0.25, 0.3) is 0 Å². The van der Waals surface area contributed by atoms with Crippen LogP contribution in [0.25, 0.3) is 0 Å². The van der Waals surface area contributed by atoms with E-state index in [1.54, 1.807) is 0 Å². The maximum Gasteiger partial charge on any atom is -0.0411 e. The van der Waals surface area contributed by atoms with Gasteiger partial charge in [0.15, 0.2) is 0 Å². The Kier molecular flexibility index (Phi) is 17.4.